The average molecular weight is 367 g/mol. The highest BCUT2D eigenvalue weighted by Crippen LogP contribution is 2.17. The van der Waals surface area contributed by atoms with Gasteiger partial charge in [0.15, 0.2) is 5.78 Å². The van der Waals surface area contributed by atoms with Crippen molar-refractivity contribution in [3.8, 4) is 0 Å². The number of hydrogen-bond acceptors (Lipinski definition) is 4. The van der Waals surface area contributed by atoms with Crippen molar-refractivity contribution in [2.45, 2.75) is 0 Å². The molecule has 1 aliphatic carbocycles. The predicted molar refractivity (Wildman–Crippen MR) is 79.2 cm³/mol. The van der Waals surface area contributed by atoms with Crippen molar-refractivity contribution >= 4 is 34.3 Å². The summed E-state index contributed by atoms with van der Waals surface area (Å²) in [5.41, 5.74) is 6.54. The number of carbonyl (C=O) groups excluding carboxylic acids is 2. The second kappa shape index (κ2) is 6.28. The molecule has 0 fully saturated rings. The Labute approximate surface area is 123 Å². The van der Waals surface area contributed by atoms with Gasteiger partial charge in [-0.05, 0) is 58.5 Å². The SMILES string of the molecule is O=C1C=C/C(=C/NNC(=O)c2ccncc2)C=C1I. The number of halogens is 1. The lowest BCUT2D eigenvalue weighted by atomic mass is 10.1. The molecule has 0 saturated heterocycles. The molecule has 0 saturated carbocycles. The topological polar surface area (TPSA) is 71.1 Å². The van der Waals surface area contributed by atoms with E-state index in [-0.39, 0.29) is 11.7 Å². The minimum absolute atomic E-state index is 0.0152. The molecule has 0 bridgehead atoms. The molecule has 0 unspecified atom stereocenters. The number of amides is 1. The van der Waals surface area contributed by atoms with Crippen LogP contribution in [0.4, 0.5) is 0 Å². The third kappa shape index (κ3) is 3.75. The lowest BCUT2D eigenvalue weighted by Crippen LogP contribution is -2.33. The van der Waals surface area contributed by atoms with Crippen LogP contribution in [-0.4, -0.2) is 16.7 Å². The van der Waals surface area contributed by atoms with Crippen LogP contribution in [0.1, 0.15) is 10.4 Å². The van der Waals surface area contributed by atoms with Crippen molar-refractivity contribution in [2.75, 3.05) is 0 Å². The number of ketones is 1. The highest BCUT2D eigenvalue weighted by atomic mass is 127. The zero-order valence-corrected chi connectivity index (χ0v) is 11.9. The van der Waals surface area contributed by atoms with Gasteiger partial charge in [-0.25, -0.2) is 0 Å². The summed E-state index contributed by atoms with van der Waals surface area (Å²) in [6.07, 6.45) is 9.60. The van der Waals surface area contributed by atoms with E-state index in [1.807, 2.05) is 22.6 Å². The Kier molecular flexibility index (Phi) is 4.45. The first-order chi connectivity index (χ1) is 9.16. The number of nitrogens with zero attached hydrogens (tertiary/aromatic N) is 1. The van der Waals surface area contributed by atoms with Gasteiger partial charge in [-0.3, -0.25) is 20.0 Å². The first-order valence-corrected chi connectivity index (χ1v) is 6.50. The second-order valence-electron chi connectivity index (χ2n) is 3.67. The van der Waals surface area contributed by atoms with Crippen LogP contribution in [-0.2, 0) is 4.79 Å². The number of rotatable bonds is 3. The number of carbonyl (C=O) groups is 2. The summed E-state index contributed by atoms with van der Waals surface area (Å²) < 4.78 is 0.633. The van der Waals surface area contributed by atoms with Crippen molar-refractivity contribution in [3.05, 3.63) is 63.7 Å². The van der Waals surface area contributed by atoms with E-state index in [4.69, 9.17) is 0 Å². The van der Waals surface area contributed by atoms with Gasteiger partial charge in [-0.15, -0.1) is 0 Å². The molecule has 0 radical (unpaired) electrons. The quantitative estimate of drug-likeness (QED) is 0.630. The Morgan fingerprint density at radius 3 is 2.68 bits per heavy atom. The Balaban J connectivity index is 1.92. The van der Waals surface area contributed by atoms with Crippen LogP contribution < -0.4 is 10.9 Å². The van der Waals surface area contributed by atoms with Gasteiger partial charge in [-0.2, -0.15) is 0 Å². The molecule has 0 aromatic carbocycles. The van der Waals surface area contributed by atoms with Crippen molar-refractivity contribution in [3.63, 3.8) is 0 Å². The molecule has 5 nitrogen and oxygen atoms in total. The molecule has 0 atom stereocenters. The molecular formula is C13H10IN3O2. The molecular weight excluding hydrogens is 357 g/mol. The normalized spacial score (nSPS) is 16.2. The minimum Gasteiger partial charge on any atom is -0.305 e. The highest BCUT2D eigenvalue weighted by molar-refractivity contribution is 14.1. The van der Waals surface area contributed by atoms with Crippen LogP contribution in [0.25, 0.3) is 0 Å². The van der Waals surface area contributed by atoms with Crippen molar-refractivity contribution < 1.29 is 9.59 Å². The van der Waals surface area contributed by atoms with E-state index in [0.717, 1.165) is 5.57 Å². The molecule has 2 N–H and O–H groups in total. The summed E-state index contributed by atoms with van der Waals surface area (Å²) in [5, 5.41) is 0. The summed E-state index contributed by atoms with van der Waals surface area (Å²) in [7, 11) is 0. The van der Waals surface area contributed by atoms with Crippen LogP contribution in [0.5, 0.6) is 0 Å². The third-order valence-electron chi connectivity index (χ3n) is 2.32. The van der Waals surface area contributed by atoms with Crippen LogP contribution in [0.3, 0.4) is 0 Å². The molecule has 1 aromatic rings. The molecule has 0 spiro atoms. The monoisotopic (exact) mass is 367 g/mol. The van der Waals surface area contributed by atoms with Gasteiger partial charge >= 0.3 is 0 Å². The largest absolute Gasteiger partial charge is 0.305 e. The van der Waals surface area contributed by atoms with Crippen LogP contribution in [0.15, 0.2) is 58.1 Å². The van der Waals surface area contributed by atoms with E-state index in [1.165, 1.54) is 6.08 Å². The van der Waals surface area contributed by atoms with Gasteiger partial charge in [-0.1, -0.05) is 0 Å². The molecule has 1 amide bonds. The first kappa shape index (κ1) is 13.5. The van der Waals surface area contributed by atoms with Crippen LogP contribution >= 0.6 is 22.6 Å². The van der Waals surface area contributed by atoms with E-state index in [2.05, 4.69) is 15.8 Å². The van der Waals surface area contributed by atoms with E-state index in [9.17, 15) is 9.59 Å². The molecule has 0 aliphatic heterocycles. The summed E-state index contributed by atoms with van der Waals surface area (Å²) >= 11 is 1.97. The number of hydrazine groups is 1. The molecule has 1 heterocycles. The van der Waals surface area contributed by atoms with Crippen LogP contribution in [0.2, 0.25) is 0 Å². The van der Waals surface area contributed by atoms with Gasteiger partial charge in [0.2, 0.25) is 0 Å². The van der Waals surface area contributed by atoms with Crippen LogP contribution in [0, 0.1) is 0 Å². The molecule has 1 aliphatic rings. The number of nitrogens with one attached hydrogen (secondary N) is 2. The Hall–Kier alpha value is -1.96. The molecule has 6 heteroatoms. The van der Waals surface area contributed by atoms with Crippen molar-refractivity contribution in [1.29, 1.82) is 0 Å². The maximum absolute atomic E-state index is 11.7. The summed E-state index contributed by atoms with van der Waals surface area (Å²) in [5.74, 6) is -0.271. The fourth-order valence-electron chi connectivity index (χ4n) is 1.37. The Morgan fingerprint density at radius 1 is 1.26 bits per heavy atom. The second-order valence-corrected chi connectivity index (χ2v) is 4.83. The number of hydrogen-bond donors (Lipinski definition) is 2. The smallest absolute Gasteiger partial charge is 0.269 e. The standard InChI is InChI=1S/C13H10IN3O2/c14-11-7-9(1-2-12(11)18)8-16-17-13(19)10-3-5-15-6-4-10/h1-8,16H,(H,17,19)/b9-8-. The van der Waals surface area contributed by atoms with E-state index in [1.54, 1.807) is 42.9 Å². The third-order valence-corrected chi connectivity index (χ3v) is 3.17. The highest BCUT2D eigenvalue weighted by Gasteiger charge is 2.07. The van der Waals surface area contributed by atoms with Gasteiger partial charge in [0.25, 0.3) is 5.91 Å². The van der Waals surface area contributed by atoms with Gasteiger partial charge in [0.05, 0.1) is 3.58 Å². The zero-order chi connectivity index (χ0) is 13.7. The van der Waals surface area contributed by atoms with E-state index >= 15 is 0 Å². The van der Waals surface area contributed by atoms with Crippen molar-refractivity contribution in [2.24, 2.45) is 0 Å². The number of allylic oxidation sites excluding steroid dienone is 5. The number of pyridine rings is 1. The fourth-order valence-corrected chi connectivity index (χ4v) is 1.91. The molecule has 1 aromatic heterocycles. The maximum Gasteiger partial charge on any atom is 0.269 e. The summed E-state index contributed by atoms with van der Waals surface area (Å²) in [4.78, 5) is 26.7. The zero-order valence-electron chi connectivity index (χ0n) is 9.76. The van der Waals surface area contributed by atoms with E-state index in [0.29, 0.717) is 9.14 Å². The predicted octanol–water partition coefficient (Wildman–Crippen LogP) is 1.66. The maximum atomic E-state index is 11.7. The molecule has 96 valence electrons. The molecule has 2 rings (SSSR count). The van der Waals surface area contributed by atoms with Gasteiger partial charge < -0.3 is 5.43 Å². The molecule has 19 heavy (non-hydrogen) atoms. The summed E-state index contributed by atoms with van der Waals surface area (Å²) in [6, 6.07) is 3.23. The fraction of sp³-hybridized carbons (Fsp3) is 0. The Morgan fingerprint density at radius 2 is 2.00 bits per heavy atom. The minimum atomic E-state index is -0.256. The number of aromatic nitrogens is 1. The summed E-state index contributed by atoms with van der Waals surface area (Å²) in [6.45, 7) is 0. The van der Waals surface area contributed by atoms with Gasteiger partial charge in [0.1, 0.15) is 0 Å². The lowest BCUT2D eigenvalue weighted by Gasteiger charge is -2.07. The Bertz CT molecular complexity index is 591. The van der Waals surface area contributed by atoms with Gasteiger partial charge in [0, 0.05) is 24.2 Å². The van der Waals surface area contributed by atoms with Crippen molar-refractivity contribution in [1.82, 2.24) is 15.8 Å². The van der Waals surface area contributed by atoms with E-state index < -0.39 is 0 Å². The first-order valence-electron chi connectivity index (χ1n) is 5.42. The average Bonchev–Trinajstić information content (AvgIpc) is 2.43. The lowest BCUT2D eigenvalue weighted by molar-refractivity contribution is -0.110.